The number of nitrogens with zero attached hydrogens (tertiary/aromatic N) is 1. The molecule has 0 saturated heterocycles. The number of aliphatic hydroxyl groups is 1. The van der Waals surface area contributed by atoms with Gasteiger partial charge >= 0.3 is 11.9 Å². The zero-order valence-electron chi connectivity index (χ0n) is 27.1. The molecule has 7 N–H and O–H groups in total. The normalized spacial score (nSPS) is 11.2. The number of carbonyl (C=O) groups excluding carboxylic acids is 1. The Balaban J connectivity index is 0.000000818. The number of aliphatic carboxylic acids is 1. The number of carbonyl (C=O) groups is 2. The molecule has 2 rings (SSSR count). The predicted molar refractivity (Wildman–Crippen MR) is 185 cm³/mol. The number of anilines is 2. The molecule has 2 aromatic rings. The average molecular weight is 632 g/mol. The molecule has 10 nitrogen and oxygen atoms in total. The average Bonchev–Trinajstić information content (AvgIpc) is 3.05. The molecule has 0 aliphatic heterocycles. The highest BCUT2D eigenvalue weighted by molar-refractivity contribution is 6.06. The van der Waals surface area contributed by atoms with Crippen molar-refractivity contribution in [3.63, 3.8) is 0 Å². The van der Waals surface area contributed by atoms with Crippen LogP contribution in [0.2, 0.25) is 0 Å². The minimum atomic E-state index is -1.23. The Bertz CT molecular complexity index is 1350. The second-order valence-electron chi connectivity index (χ2n) is 10.4. The van der Waals surface area contributed by atoms with E-state index in [0.29, 0.717) is 18.6 Å². The van der Waals surface area contributed by atoms with Crippen LogP contribution in [0, 0.1) is 16.7 Å². The third-order valence-corrected chi connectivity index (χ3v) is 6.76. The minimum absolute atomic E-state index is 0.0239. The van der Waals surface area contributed by atoms with Gasteiger partial charge in [0.1, 0.15) is 25.1 Å². The Morgan fingerprint density at radius 1 is 1.04 bits per heavy atom. The van der Waals surface area contributed by atoms with Gasteiger partial charge in [-0.2, -0.15) is 5.26 Å². The second kappa shape index (κ2) is 23.5. The van der Waals surface area contributed by atoms with Crippen molar-refractivity contribution >= 4 is 35.2 Å². The number of carboxylic acids is 1. The first-order chi connectivity index (χ1) is 22.2. The molecule has 0 radical (unpaired) electrons. The van der Waals surface area contributed by atoms with Crippen LogP contribution in [0.3, 0.4) is 0 Å². The zero-order chi connectivity index (χ0) is 34.2. The summed E-state index contributed by atoms with van der Waals surface area (Å²) in [5.74, 6) is -2.69. The van der Waals surface area contributed by atoms with E-state index in [0.717, 1.165) is 23.4 Å². The van der Waals surface area contributed by atoms with E-state index in [4.69, 9.17) is 26.1 Å². The first kappa shape index (κ1) is 39.1. The maximum absolute atomic E-state index is 12.4. The zero-order valence-corrected chi connectivity index (χ0v) is 27.1. The Kier molecular flexibility index (Phi) is 20.0. The molecule has 0 spiro atoms. The van der Waals surface area contributed by atoms with Gasteiger partial charge in [-0.3, -0.25) is 10.2 Å². The number of amidine groups is 1. The van der Waals surface area contributed by atoms with E-state index >= 15 is 0 Å². The van der Waals surface area contributed by atoms with Crippen LogP contribution in [0.25, 0.3) is 6.08 Å². The summed E-state index contributed by atoms with van der Waals surface area (Å²) in [4.78, 5) is 23.6. The molecule has 0 saturated carbocycles. The fourth-order valence-electron chi connectivity index (χ4n) is 4.38. The standard InChI is InChI=1S/C26H27N5O4.C10H22O/c1-3-12-35-26(34)21(15-27)24(30-16-23(32)33)20(25(28)29)14-17-10-11-22(18(4-2)13-17)31-19-8-6-5-7-9-19;1-2-3-4-5-6-7-8-9-10-11/h3,5-11,13-14,30-31H,1,4,12,16H2,2H3,(H3,28,29)(H,32,33);11H,2-10H2,1H3/b20-14-,24-21-;. The summed E-state index contributed by atoms with van der Waals surface area (Å²) in [6.07, 6.45) is 13.9. The fraction of sp³-hybridized carbons (Fsp3) is 0.389. The van der Waals surface area contributed by atoms with Crippen LogP contribution in [-0.2, 0) is 20.7 Å². The van der Waals surface area contributed by atoms with E-state index in [1.165, 1.54) is 57.1 Å². The van der Waals surface area contributed by atoms with E-state index in [1.807, 2.05) is 49.4 Å². The second-order valence-corrected chi connectivity index (χ2v) is 10.4. The maximum Gasteiger partial charge on any atom is 0.351 e. The van der Waals surface area contributed by atoms with Gasteiger partial charge < -0.3 is 31.3 Å². The van der Waals surface area contributed by atoms with Gasteiger partial charge in [-0.25, -0.2) is 4.79 Å². The van der Waals surface area contributed by atoms with Crippen LogP contribution in [0.1, 0.15) is 76.3 Å². The highest BCUT2D eigenvalue weighted by Crippen LogP contribution is 2.25. The van der Waals surface area contributed by atoms with Crippen LogP contribution in [0.4, 0.5) is 11.4 Å². The van der Waals surface area contributed by atoms with Crippen molar-refractivity contribution in [2.45, 2.75) is 71.6 Å². The Morgan fingerprint density at radius 2 is 1.70 bits per heavy atom. The number of nitrogens with one attached hydrogen (secondary N) is 3. The fourth-order valence-corrected chi connectivity index (χ4v) is 4.38. The van der Waals surface area contributed by atoms with Crippen molar-refractivity contribution in [1.82, 2.24) is 5.32 Å². The number of nitriles is 1. The van der Waals surface area contributed by atoms with Gasteiger partial charge in [-0.05, 0) is 54.3 Å². The Labute approximate surface area is 273 Å². The molecule has 0 atom stereocenters. The Morgan fingerprint density at radius 3 is 2.24 bits per heavy atom. The van der Waals surface area contributed by atoms with E-state index in [9.17, 15) is 14.9 Å². The van der Waals surface area contributed by atoms with E-state index in [1.54, 1.807) is 12.1 Å². The van der Waals surface area contributed by atoms with Gasteiger partial charge in [0.05, 0.1) is 5.70 Å². The lowest BCUT2D eigenvalue weighted by Gasteiger charge is -2.16. The molecule has 0 aliphatic carbocycles. The van der Waals surface area contributed by atoms with Crippen molar-refractivity contribution in [3.05, 3.63) is 89.2 Å². The molecule has 0 heterocycles. The lowest BCUT2D eigenvalue weighted by Crippen LogP contribution is -2.30. The van der Waals surface area contributed by atoms with Gasteiger partial charge in [0.2, 0.25) is 0 Å². The number of benzene rings is 2. The molecule has 10 heteroatoms. The molecule has 0 bridgehead atoms. The quantitative estimate of drug-likeness (QED) is 0.0137. The number of hydrogen-bond donors (Lipinski definition) is 6. The molecule has 0 unspecified atom stereocenters. The molecule has 248 valence electrons. The molecule has 0 aromatic heterocycles. The van der Waals surface area contributed by atoms with Crippen molar-refractivity contribution in [2.75, 3.05) is 25.1 Å². The van der Waals surface area contributed by atoms with Crippen molar-refractivity contribution in [3.8, 4) is 6.07 Å². The smallest absolute Gasteiger partial charge is 0.351 e. The lowest BCUT2D eigenvalue weighted by molar-refractivity contribution is -0.138. The van der Waals surface area contributed by atoms with Gasteiger partial charge in [-0.1, -0.05) is 95.7 Å². The number of ether oxygens (including phenoxy) is 1. The van der Waals surface area contributed by atoms with Crippen molar-refractivity contribution < 1.29 is 24.5 Å². The summed E-state index contributed by atoms with van der Waals surface area (Å²) in [6.45, 7) is 7.30. The number of hydrogen-bond acceptors (Lipinski definition) is 8. The summed E-state index contributed by atoms with van der Waals surface area (Å²) in [5, 5.41) is 41.2. The topological polar surface area (TPSA) is 182 Å². The number of aryl methyl sites for hydroxylation is 1. The van der Waals surface area contributed by atoms with E-state index < -0.39 is 29.9 Å². The molecular weight excluding hydrogens is 582 g/mol. The maximum atomic E-state index is 12.4. The monoisotopic (exact) mass is 631 g/mol. The summed E-state index contributed by atoms with van der Waals surface area (Å²) in [6, 6.07) is 16.9. The third-order valence-electron chi connectivity index (χ3n) is 6.76. The SMILES string of the molecule is C=CCOC(=O)/C(C#N)=C(NCC(=O)O)/C(=C/c1ccc(Nc2ccccc2)c(CC)c1)C(=N)N.CCCCCCCCCCO. The number of para-hydroxylation sites is 1. The number of nitrogens with two attached hydrogens (primary N) is 1. The van der Waals surface area contributed by atoms with Gasteiger partial charge in [-0.15, -0.1) is 0 Å². The van der Waals surface area contributed by atoms with Crippen LogP contribution in [0.15, 0.2) is 78.0 Å². The lowest BCUT2D eigenvalue weighted by atomic mass is 10.00. The number of esters is 1. The molecular formula is C36H49N5O5. The van der Waals surface area contributed by atoms with Gasteiger partial charge in [0, 0.05) is 23.6 Å². The van der Waals surface area contributed by atoms with E-state index in [2.05, 4.69) is 24.1 Å². The minimum Gasteiger partial charge on any atom is -0.480 e. The van der Waals surface area contributed by atoms with Crippen LogP contribution in [-0.4, -0.2) is 47.7 Å². The molecule has 0 fully saturated rings. The predicted octanol–water partition coefficient (Wildman–Crippen LogP) is 6.61. The van der Waals surface area contributed by atoms with Crippen LogP contribution >= 0.6 is 0 Å². The largest absolute Gasteiger partial charge is 0.480 e. The van der Waals surface area contributed by atoms with Crippen LogP contribution < -0.4 is 16.4 Å². The number of aliphatic hydroxyl groups excluding tert-OH is 1. The summed E-state index contributed by atoms with van der Waals surface area (Å²) < 4.78 is 4.95. The first-order valence-electron chi connectivity index (χ1n) is 15.7. The van der Waals surface area contributed by atoms with Crippen molar-refractivity contribution in [2.24, 2.45) is 5.73 Å². The van der Waals surface area contributed by atoms with Gasteiger partial charge in [0.25, 0.3) is 0 Å². The number of rotatable bonds is 20. The molecule has 0 aliphatic rings. The summed E-state index contributed by atoms with van der Waals surface area (Å²) >= 11 is 0. The Hall–Kier alpha value is -4.88. The first-order valence-corrected chi connectivity index (χ1v) is 15.7. The highest BCUT2D eigenvalue weighted by Gasteiger charge is 2.22. The molecule has 0 amide bonds. The molecule has 46 heavy (non-hydrogen) atoms. The van der Waals surface area contributed by atoms with E-state index in [-0.39, 0.29) is 17.9 Å². The van der Waals surface area contributed by atoms with Gasteiger partial charge in [0.15, 0.2) is 5.57 Å². The third kappa shape index (κ3) is 15.2. The molecule has 2 aromatic carbocycles. The van der Waals surface area contributed by atoms with Crippen LogP contribution in [0.5, 0.6) is 0 Å². The summed E-state index contributed by atoms with van der Waals surface area (Å²) in [5.41, 5.74) is 8.48. The summed E-state index contributed by atoms with van der Waals surface area (Å²) in [7, 11) is 0. The highest BCUT2D eigenvalue weighted by atomic mass is 16.5. The number of unbranched alkanes of at least 4 members (excludes halogenated alkanes) is 7. The van der Waals surface area contributed by atoms with Crippen molar-refractivity contribution in [1.29, 1.82) is 10.7 Å². The number of carboxylic acid groups (broad SMARTS) is 1.